The highest BCUT2D eigenvalue weighted by Gasteiger charge is 2.35. The standard InChI is InChI=1S/C17H26N2O2/c1-17(2)9-8-13-6-4-5-7-14(13)16(17)19-12-15(20)18-10-11-21-3/h4-7,16,19H,8-12H2,1-3H3,(H,18,20). The van der Waals surface area contributed by atoms with Crippen LogP contribution in [0.3, 0.4) is 0 Å². The third kappa shape index (κ3) is 4.05. The summed E-state index contributed by atoms with van der Waals surface area (Å²) in [5.74, 6) is 0.0194. The Morgan fingerprint density at radius 3 is 2.90 bits per heavy atom. The van der Waals surface area contributed by atoms with Crippen molar-refractivity contribution < 1.29 is 9.53 Å². The van der Waals surface area contributed by atoms with Crippen LogP contribution in [0, 0.1) is 5.41 Å². The number of fused-ring (bicyclic) bond motifs is 1. The molecule has 4 nitrogen and oxygen atoms in total. The van der Waals surface area contributed by atoms with Crippen LogP contribution in [0.5, 0.6) is 0 Å². The molecule has 0 spiro atoms. The van der Waals surface area contributed by atoms with Gasteiger partial charge in [0, 0.05) is 19.7 Å². The largest absolute Gasteiger partial charge is 0.383 e. The fourth-order valence-corrected chi connectivity index (χ4v) is 3.00. The van der Waals surface area contributed by atoms with Gasteiger partial charge in [0.25, 0.3) is 0 Å². The molecule has 0 saturated heterocycles. The molecule has 0 fully saturated rings. The van der Waals surface area contributed by atoms with E-state index in [4.69, 9.17) is 4.74 Å². The highest BCUT2D eigenvalue weighted by atomic mass is 16.5. The molecule has 1 amide bonds. The van der Waals surface area contributed by atoms with E-state index in [0.29, 0.717) is 19.7 Å². The molecule has 1 aromatic carbocycles. The number of hydrogen-bond acceptors (Lipinski definition) is 3. The van der Waals surface area contributed by atoms with Gasteiger partial charge in [0.05, 0.1) is 13.2 Å². The van der Waals surface area contributed by atoms with Crippen molar-refractivity contribution >= 4 is 5.91 Å². The summed E-state index contributed by atoms with van der Waals surface area (Å²) >= 11 is 0. The first-order valence-electron chi connectivity index (χ1n) is 7.61. The van der Waals surface area contributed by atoms with E-state index in [2.05, 4.69) is 48.7 Å². The third-order valence-electron chi connectivity index (χ3n) is 4.28. The molecule has 0 radical (unpaired) electrons. The van der Waals surface area contributed by atoms with Gasteiger partial charge in [0.15, 0.2) is 0 Å². The maximum absolute atomic E-state index is 11.9. The van der Waals surface area contributed by atoms with Gasteiger partial charge in [-0.1, -0.05) is 38.1 Å². The number of amides is 1. The van der Waals surface area contributed by atoms with Gasteiger partial charge in [0.1, 0.15) is 0 Å². The van der Waals surface area contributed by atoms with E-state index >= 15 is 0 Å². The summed E-state index contributed by atoms with van der Waals surface area (Å²) in [5, 5.41) is 6.29. The molecule has 1 aromatic rings. The van der Waals surface area contributed by atoms with Crippen molar-refractivity contribution in [3.63, 3.8) is 0 Å². The van der Waals surface area contributed by atoms with Gasteiger partial charge < -0.3 is 15.4 Å². The summed E-state index contributed by atoms with van der Waals surface area (Å²) in [7, 11) is 1.63. The van der Waals surface area contributed by atoms with E-state index in [1.165, 1.54) is 11.1 Å². The van der Waals surface area contributed by atoms with Crippen LogP contribution >= 0.6 is 0 Å². The molecule has 0 saturated carbocycles. The van der Waals surface area contributed by atoms with Crippen LogP contribution in [0.4, 0.5) is 0 Å². The number of nitrogens with one attached hydrogen (secondary N) is 2. The average molecular weight is 290 g/mol. The Balaban J connectivity index is 1.99. The lowest BCUT2D eigenvalue weighted by molar-refractivity contribution is -0.120. The zero-order valence-corrected chi connectivity index (χ0v) is 13.2. The summed E-state index contributed by atoms with van der Waals surface area (Å²) in [4.78, 5) is 11.9. The Bertz CT molecular complexity index is 485. The lowest BCUT2D eigenvalue weighted by Crippen LogP contribution is -2.43. The molecule has 116 valence electrons. The van der Waals surface area contributed by atoms with Gasteiger partial charge in [-0.3, -0.25) is 4.79 Å². The van der Waals surface area contributed by atoms with Crippen LogP contribution in [0.25, 0.3) is 0 Å². The zero-order chi connectivity index (χ0) is 15.3. The molecule has 21 heavy (non-hydrogen) atoms. The van der Waals surface area contributed by atoms with E-state index in [1.54, 1.807) is 7.11 Å². The van der Waals surface area contributed by atoms with Crippen LogP contribution < -0.4 is 10.6 Å². The van der Waals surface area contributed by atoms with Gasteiger partial charge in [0.2, 0.25) is 5.91 Å². The number of benzene rings is 1. The van der Waals surface area contributed by atoms with Gasteiger partial charge >= 0.3 is 0 Å². The molecular weight excluding hydrogens is 264 g/mol. The number of hydrogen-bond donors (Lipinski definition) is 2. The van der Waals surface area contributed by atoms with E-state index in [0.717, 1.165) is 12.8 Å². The molecule has 0 bridgehead atoms. The van der Waals surface area contributed by atoms with Gasteiger partial charge in [-0.05, 0) is 29.4 Å². The number of aryl methyl sites for hydroxylation is 1. The molecule has 0 aromatic heterocycles. The fourth-order valence-electron chi connectivity index (χ4n) is 3.00. The number of methoxy groups -OCH3 is 1. The molecule has 1 atom stereocenters. The first-order chi connectivity index (χ1) is 10.0. The SMILES string of the molecule is COCCNC(=O)CNC1c2ccccc2CCC1(C)C. The Morgan fingerprint density at radius 1 is 1.38 bits per heavy atom. The van der Waals surface area contributed by atoms with Gasteiger partial charge in [-0.15, -0.1) is 0 Å². The van der Waals surface area contributed by atoms with Crippen molar-refractivity contribution in [3.8, 4) is 0 Å². The lowest BCUT2D eigenvalue weighted by atomic mass is 9.70. The van der Waals surface area contributed by atoms with Crippen molar-refractivity contribution in [2.75, 3.05) is 26.8 Å². The predicted molar refractivity (Wildman–Crippen MR) is 84.2 cm³/mol. The number of carbonyl (C=O) groups is 1. The summed E-state index contributed by atoms with van der Waals surface area (Å²) in [6.07, 6.45) is 2.24. The highest BCUT2D eigenvalue weighted by Crippen LogP contribution is 2.43. The first kappa shape index (κ1) is 16.0. The fraction of sp³-hybridized carbons (Fsp3) is 0.588. The van der Waals surface area contributed by atoms with Crippen LogP contribution in [0.1, 0.15) is 37.4 Å². The smallest absolute Gasteiger partial charge is 0.234 e. The maximum Gasteiger partial charge on any atom is 0.234 e. The minimum atomic E-state index is 0.0194. The summed E-state index contributed by atoms with van der Waals surface area (Å²) < 4.78 is 4.93. The Morgan fingerprint density at radius 2 is 2.14 bits per heavy atom. The molecule has 4 heteroatoms. The molecule has 1 aliphatic rings. The quantitative estimate of drug-likeness (QED) is 0.788. The lowest BCUT2D eigenvalue weighted by Gasteiger charge is -2.40. The number of rotatable bonds is 6. The van der Waals surface area contributed by atoms with E-state index in [-0.39, 0.29) is 17.4 Å². The molecule has 0 aliphatic heterocycles. The van der Waals surface area contributed by atoms with Crippen LogP contribution in [-0.4, -0.2) is 32.7 Å². The van der Waals surface area contributed by atoms with Crippen LogP contribution in [-0.2, 0) is 16.0 Å². The Hall–Kier alpha value is -1.39. The Labute approximate surface area is 127 Å². The number of carbonyl (C=O) groups excluding carboxylic acids is 1. The van der Waals surface area contributed by atoms with Crippen molar-refractivity contribution in [1.29, 1.82) is 0 Å². The number of ether oxygens (including phenoxy) is 1. The molecule has 2 rings (SSSR count). The summed E-state index contributed by atoms with van der Waals surface area (Å²) in [6.45, 7) is 5.98. The second kappa shape index (κ2) is 7.05. The molecular formula is C17H26N2O2. The minimum Gasteiger partial charge on any atom is -0.383 e. The van der Waals surface area contributed by atoms with Crippen LogP contribution in [0.2, 0.25) is 0 Å². The van der Waals surface area contributed by atoms with E-state index in [1.807, 2.05) is 0 Å². The maximum atomic E-state index is 11.9. The normalized spacial score (nSPS) is 19.9. The van der Waals surface area contributed by atoms with Crippen molar-refractivity contribution in [2.45, 2.75) is 32.7 Å². The van der Waals surface area contributed by atoms with Crippen LogP contribution in [0.15, 0.2) is 24.3 Å². The first-order valence-corrected chi connectivity index (χ1v) is 7.61. The zero-order valence-electron chi connectivity index (χ0n) is 13.2. The average Bonchev–Trinajstić information content (AvgIpc) is 2.46. The second-order valence-electron chi connectivity index (χ2n) is 6.34. The van der Waals surface area contributed by atoms with E-state index in [9.17, 15) is 4.79 Å². The Kier molecular flexibility index (Phi) is 5.37. The van der Waals surface area contributed by atoms with E-state index < -0.39 is 0 Å². The second-order valence-corrected chi connectivity index (χ2v) is 6.34. The third-order valence-corrected chi connectivity index (χ3v) is 4.28. The molecule has 1 unspecified atom stereocenters. The molecule has 0 heterocycles. The predicted octanol–water partition coefficient (Wildman–Crippen LogP) is 2.05. The minimum absolute atomic E-state index is 0.0194. The van der Waals surface area contributed by atoms with Gasteiger partial charge in [-0.2, -0.15) is 0 Å². The highest BCUT2D eigenvalue weighted by molar-refractivity contribution is 5.78. The van der Waals surface area contributed by atoms with Gasteiger partial charge in [-0.25, -0.2) is 0 Å². The summed E-state index contributed by atoms with van der Waals surface area (Å²) in [5.41, 5.74) is 2.88. The van der Waals surface area contributed by atoms with Crippen molar-refractivity contribution in [3.05, 3.63) is 35.4 Å². The monoisotopic (exact) mass is 290 g/mol. The van der Waals surface area contributed by atoms with Crippen molar-refractivity contribution in [1.82, 2.24) is 10.6 Å². The topological polar surface area (TPSA) is 50.4 Å². The molecule has 2 N–H and O–H groups in total. The molecule has 1 aliphatic carbocycles. The van der Waals surface area contributed by atoms with Crippen molar-refractivity contribution in [2.24, 2.45) is 5.41 Å². The summed E-state index contributed by atoms with van der Waals surface area (Å²) in [6, 6.07) is 8.75.